The van der Waals surface area contributed by atoms with Gasteiger partial charge in [0.15, 0.2) is 0 Å². The molecule has 0 spiro atoms. The fourth-order valence-electron chi connectivity index (χ4n) is 1.03. The first-order valence-electron chi connectivity index (χ1n) is 4.25. The molecule has 1 amide bonds. The number of non-ortho nitro benzene ring substituents is 1. The molecule has 1 aromatic carbocycles. The van der Waals surface area contributed by atoms with Crippen molar-refractivity contribution in [3.8, 4) is 18.1 Å². The lowest BCUT2D eigenvalue weighted by Crippen LogP contribution is -2.10. The molecule has 16 heavy (non-hydrogen) atoms. The van der Waals surface area contributed by atoms with Gasteiger partial charge in [-0.2, -0.15) is 0 Å². The molecule has 0 fully saturated rings. The van der Waals surface area contributed by atoms with E-state index in [2.05, 4.69) is 11.2 Å². The van der Waals surface area contributed by atoms with E-state index in [1.54, 1.807) is 0 Å². The number of nitrogens with one attached hydrogen (secondary N) is 1. The monoisotopic (exact) mass is 220 g/mol. The van der Waals surface area contributed by atoms with E-state index in [4.69, 9.17) is 6.42 Å². The summed E-state index contributed by atoms with van der Waals surface area (Å²) in [6, 6.07) is 3.36. The highest BCUT2D eigenvalue weighted by atomic mass is 16.6. The van der Waals surface area contributed by atoms with Crippen LogP contribution in [0.3, 0.4) is 0 Å². The lowest BCUT2D eigenvalue weighted by atomic mass is 10.2. The van der Waals surface area contributed by atoms with Crippen LogP contribution < -0.4 is 5.32 Å². The molecule has 6 nitrogen and oxygen atoms in total. The van der Waals surface area contributed by atoms with Crippen molar-refractivity contribution in [2.24, 2.45) is 0 Å². The van der Waals surface area contributed by atoms with Gasteiger partial charge in [-0.25, -0.2) is 0 Å². The number of phenolic OH excluding ortho intramolecular Hbond substituents is 1. The van der Waals surface area contributed by atoms with Crippen LogP contribution in [0.4, 0.5) is 11.4 Å². The number of rotatable bonds is 3. The Kier molecular flexibility index (Phi) is 3.45. The number of terminal acetylenes is 1. The van der Waals surface area contributed by atoms with Gasteiger partial charge in [-0.15, -0.1) is 6.42 Å². The Morgan fingerprint density at radius 3 is 2.81 bits per heavy atom. The van der Waals surface area contributed by atoms with Crippen LogP contribution in [0.15, 0.2) is 18.2 Å². The summed E-state index contributed by atoms with van der Waals surface area (Å²) in [6.07, 6.45) is 4.79. The van der Waals surface area contributed by atoms with Crippen molar-refractivity contribution >= 4 is 17.3 Å². The Morgan fingerprint density at radius 2 is 2.31 bits per heavy atom. The van der Waals surface area contributed by atoms with Crippen molar-refractivity contribution in [3.63, 3.8) is 0 Å². The number of benzene rings is 1. The minimum Gasteiger partial charge on any atom is -0.506 e. The van der Waals surface area contributed by atoms with E-state index in [9.17, 15) is 20.0 Å². The molecule has 0 saturated carbocycles. The van der Waals surface area contributed by atoms with Gasteiger partial charge in [0.1, 0.15) is 5.75 Å². The maximum absolute atomic E-state index is 11.1. The molecule has 0 radical (unpaired) electrons. The third kappa shape index (κ3) is 2.72. The van der Waals surface area contributed by atoms with Gasteiger partial charge in [0, 0.05) is 6.07 Å². The molecule has 0 aromatic heterocycles. The zero-order valence-electron chi connectivity index (χ0n) is 8.14. The summed E-state index contributed by atoms with van der Waals surface area (Å²) >= 11 is 0. The van der Waals surface area contributed by atoms with Gasteiger partial charge >= 0.3 is 0 Å². The summed E-state index contributed by atoms with van der Waals surface area (Å²) in [5.74, 6) is 1.29. The molecule has 0 heterocycles. The van der Waals surface area contributed by atoms with Crippen LogP contribution in [0.25, 0.3) is 0 Å². The van der Waals surface area contributed by atoms with Gasteiger partial charge in [-0.3, -0.25) is 14.9 Å². The van der Waals surface area contributed by atoms with Crippen LogP contribution in [0.1, 0.15) is 6.42 Å². The van der Waals surface area contributed by atoms with E-state index in [1.807, 2.05) is 0 Å². The smallest absolute Gasteiger partial charge is 0.273 e. The maximum Gasteiger partial charge on any atom is 0.273 e. The molecular weight excluding hydrogens is 212 g/mol. The van der Waals surface area contributed by atoms with Crippen LogP contribution >= 0.6 is 0 Å². The van der Waals surface area contributed by atoms with Gasteiger partial charge < -0.3 is 10.4 Å². The third-order valence-corrected chi connectivity index (χ3v) is 1.73. The van der Waals surface area contributed by atoms with Gasteiger partial charge in [0.05, 0.1) is 23.1 Å². The van der Waals surface area contributed by atoms with E-state index < -0.39 is 10.8 Å². The van der Waals surface area contributed by atoms with Gasteiger partial charge in [-0.1, -0.05) is 5.92 Å². The Balaban J connectivity index is 2.88. The van der Waals surface area contributed by atoms with E-state index in [0.717, 1.165) is 6.07 Å². The molecule has 0 aliphatic rings. The lowest BCUT2D eigenvalue weighted by Gasteiger charge is -2.04. The van der Waals surface area contributed by atoms with Crippen LogP contribution in [0.5, 0.6) is 5.75 Å². The number of aromatic hydroxyl groups is 1. The zero-order chi connectivity index (χ0) is 12.1. The molecule has 0 aliphatic heterocycles. The second-order valence-corrected chi connectivity index (χ2v) is 2.89. The van der Waals surface area contributed by atoms with Gasteiger partial charge in [0.25, 0.3) is 5.69 Å². The molecule has 82 valence electrons. The summed E-state index contributed by atoms with van der Waals surface area (Å²) in [5, 5.41) is 22.1. The number of anilines is 1. The minimum absolute atomic E-state index is 0.0888. The van der Waals surface area contributed by atoms with Crippen LogP contribution in [-0.2, 0) is 4.79 Å². The summed E-state index contributed by atoms with van der Waals surface area (Å²) in [7, 11) is 0. The molecule has 1 aromatic rings. The molecule has 1 rings (SSSR count). The Bertz CT molecular complexity index is 476. The SMILES string of the molecule is C#CCC(=O)Nc1ccc([N+](=O)[O-])cc1O. The zero-order valence-corrected chi connectivity index (χ0v) is 8.14. The Labute approximate surface area is 91.0 Å². The topological polar surface area (TPSA) is 92.5 Å². The van der Waals surface area contributed by atoms with E-state index in [-0.39, 0.29) is 23.5 Å². The number of phenols is 1. The minimum atomic E-state index is -0.646. The summed E-state index contributed by atoms with van der Waals surface area (Å²) in [5.41, 5.74) is -0.168. The molecule has 0 aliphatic carbocycles. The molecule has 0 atom stereocenters. The predicted molar refractivity (Wildman–Crippen MR) is 56.8 cm³/mol. The first kappa shape index (κ1) is 11.5. The first-order chi connectivity index (χ1) is 7.54. The predicted octanol–water partition coefficient (Wildman–Crippen LogP) is 1.26. The number of carbonyl (C=O) groups is 1. The fourth-order valence-corrected chi connectivity index (χ4v) is 1.03. The van der Waals surface area contributed by atoms with Crippen LogP contribution in [0.2, 0.25) is 0 Å². The van der Waals surface area contributed by atoms with E-state index in [1.165, 1.54) is 12.1 Å². The molecule has 0 unspecified atom stereocenters. The standard InChI is InChI=1S/C10H8N2O4/c1-2-3-10(14)11-8-5-4-7(12(15)16)6-9(8)13/h1,4-6,13H,3H2,(H,11,14). The van der Waals surface area contributed by atoms with Gasteiger partial charge in [-0.05, 0) is 6.07 Å². The Morgan fingerprint density at radius 1 is 1.62 bits per heavy atom. The first-order valence-corrected chi connectivity index (χ1v) is 4.25. The second-order valence-electron chi connectivity index (χ2n) is 2.89. The largest absolute Gasteiger partial charge is 0.506 e. The number of nitro benzene ring substituents is 1. The van der Waals surface area contributed by atoms with Gasteiger partial charge in [0.2, 0.25) is 5.91 Å². The van der Waals surface area contributed by atoms with Crippen molar-refractivity contribution in [1.82, 2.24) is 0 Å². The lowest BCUT2D eigenvalue weighted by molar-refractivity contribution is -0.384. The van der Waals surface area contributed by atoms with Crippen LogP contribution in [-0.4, -0.2) is 15.9 Å². The molecule has 0 bridgehead atoms. The third-order valence-electron chi connectivity index (χ3n) is 1.73. The maximum atomic E-state index is 11.1. The number of nitrogens with zero attached hydrogens (tertiary/aromatic N) is 1. The summed E-state index contributed by atoms with van der Waals surface area (Å²) in [6.45, 7) is 0. The average Bonchev–Trinajstić information content (AvgIpc) is 2.21. The number of hydrogen-bond acceptors (Lipinski definition) is 4. The molecule has 6 heteroatoms. The Hall–Kier alpha value is -2.55. The number of hydrogen-bond donors (Lipinski definition) is 2. The second kappa shape index (κ2) is 4.79. The highest BCUT2D eigenvalue weighted by Crippen LogP contribution is 2.27. The molecule has 2 N–H and O–H groups in total. The van der Waals surface area contributed by atoms with E-state index in [0.29, 0.717) is 0 Å². The van der Waals surface area contributed by atoms with E-state index >= 15 is 0 Å². The highest BCUT2D eigenvalue weighted by molar-refractivity contribution is 5.93. The van der Waals surface area contributed by atoms with Crippen LogP contribution in [0, 0.1) is 22.5 Å². The average molecular weight is 220 g/mol. The summed E-state index contributed by atoms with van der Waals surface area (Å²) < 4.78 is 0. The molecular formula is C10H8N2O4. The highest BCUT2D eigenvalue weighted by Gasteiger charge is 2.11. The number of amides is 1. The fraction of sp³-hybridized carbons (Fsp3) is 0.100. The number of nitro groups is 1. The normalized spacial score (nSPS) is 9.19. The van der Waals surface area contributed by atoms with Crippen molar-refractivity contribution in [3.05, 3.63) is 28.3 Å². The number of carbonyl (C=O) groups excluding carboxylic acids is 1. The van der Waals surface area contributed by atoms with Crippen molar-refractivity contribution in [1.29, 1.82) is 0 Å². The van der Waals surface area contributed by atoms with Crippen molar-refractivity contribution < 1.29 is 14.8 Å². The molecule has 0 saturated heterocycles. The summed E-state index contributed by atoms with van der Waals surface area (Å²) in [4.78, 5) is 20.8. The van der Waals surface area contributed by atoms with Crippen molar-refractivity contribution in [2.45, 2.75) is 6.42 Å². The van der Waals surface area contributed by atoms with Crippen molar-refractivity contribution in [2.75, 3.05) is 5.32 Å². The quantitative estimate of drug-likeness (QED) is 0.347.